The minimum atomic E-state index is 0.424. The summed E-state index contributed by atoms with van der Waals surface area (Å²) in [5.41, 5.74) is 2.46. The molecule has 1 atom stereocenters. The third-order valence-corrected chi connectivity index (χ3v) is 3.39. The third-order valence-electron chi connectivity index (χ3n) is 2.98. The zero-order valence-electron chi connectivity index (χ0n) is 11.4. The molecule has 0 aliphatic rings. The van der Waals surface area contributed by atoms with Crippen molar-refractivity contribution in [3.8, 4) is 0 Å². The van der Waals surface area contributed by atoms with Crippen molar-refractivity contribution in [3.05, 3.63) is 34.3 Å². The zero-order valence-corrected chi connectivity index (χ0v) is 12.1. The molecular formula is C15H24ClN. The van der Waals surface area contributed by atoms with E-state index in [2.05, 4.69) is 44.3 Å². The lowest BCUT2D eigenvalue weighted by molar-refractivity contribution is 0.440. The SMILES string of the molecule is CCCCC(NC(C)C)c1ccc(C)c(Cl)c1. The van der Waals surface area contributed by atoms with Gasteiger partial charge in [0.2, 0.25) is 0 Å². The molecule has 0 heterocycles. The smallest absolute Gasteiger partial charge is 0.0438 e. The zero-order chi connectivity index (χ0) is 12.8. The molecule has 0 amide bonds. The Kier molecular flexibility index (Phi) is 6.01. The fourth-order valence-corrected chi connectivity index (χ4v) is 2.17. The van der Waals surface area contributed by atoms with E-state index in [0.29, 0.717) is 12.1 Å². The lowest BCUT2D eigenvalue weighted by Crippen LogP contribution is -2.28. The van der Waals surface area contributed by atoms with Gasteiger partial charge in [0.05, 0.1) is 0 Å². The largest absolute Gasteiger partial charge is 0.308 e. The summed E-state index contributed by atoms with van der Waals surface area (Å²) in [5, 5.41) is 4.49. The fourth-order valence-electron chi connectivity index (χ4n) is 1.98. The van der Waals surface area contributed by atoms with Crippen molar-refractivity contribution in [3.63, 3.8) is 0 Å². The first-order chi connectivity index (χ1) is 8.04. The Morgan fingerprint density at radius 3 is 2.53 bits per heavy atom. The van der Waals surface area contributed by atoms with Crippen LogP contribution < -0.4 is 5.32 Å². The Balaban J connectivity index is 2.83. The van der Waals surface area contributed by atoms with Crippen molar-refractivity contribution in [2.45, 2.75) is 59.0 Å². The highest BCUT2D eigenvalue weighted by Crippen LogP contribution is 2.25. The Bertz CT molecular complexity index is 347. The summed E-state index contributed by atoms with van der Waals surface area (Å²) >= 11 is 6.20. The maximum atomic E-state index is 6.20. The van der Waals surface area contributed by atoms with Gasteiger partial charge in [-0.1, -0.05) is 57.3 Å². The van der Waals surface area contributed by atoms with Gasteiger partial charge in [0, 0.05) is 17.1 Å². The van der Waals surface area contributed by atoms with Crippen LogP contribution in [0.2, 0.25) is 5.02 Å². The van der Waals surface area contributed by atoms with Crippen LogP contribution in [-0.2, 0) is 0 Å². The van der Waals surface area contributed by atoms with Crippen LogP contribution in [0.15, 0.2) is 18.2 Å². The van der Waals surface area contributed by atoms with Crippen molar-refractivity contribution in [2.75, 3.05) is 0 Å². The Morgan fingerprint density at radius 1 is 1.29 bits per heavy atom. The lowest BCUT2D eigenvalue weighted by Gasteiger charge is -2.22. The Hall–Kier alpha value is -0.530. The van der Waals surface area contributed by atoms with Gasteiger partial charge in [-0.15, -0.1) is 0 Å². The standard InChI is InChI=1S/C15H24ClN/c1-5-6-7-15(17-11(2)3)13-9-8-12(4)14(16)10-13/h8-11,15,17H,5-7H2,1-4H3. The van der Waals surface area contributed by atoms with E-state index in [9.17, 15) is 0 Å². The maximum absolute atomic E-state index is 6.20. The molecule has 1 N–H and O–H groups in total. The molecule has 1 unspecified atom stereocenters. The molecule has 0 aliphatic carbocycles. The first-order valence-electron chi connectivity index (χ1n) is 6.56. The van der Waals surface area contributed by atoms with Gasteiger partial charge in [0.25, 0.3) is 0 Å². The van der Waals surface area contributed by atoms with E-state index >= 15 is 0 Å². The summed E-state index contributed by atoms with van der Waals surface area (Å²) in [6.45, 7) is 8.65. The molecule has 0 fully saturated rings. The quantitative estimate of drug-likeness (QED) is 0.762. The van der Waals surface area contributed by atoms with E-state index in [0.717, 1.165) is 10.6 Å². The van der Waals surface area contributed by atoms with E-state index in [1.54, 1.807) is 0 Å². The number of halogens is 1. The summed E-state index contributed by atoms with van der Waals surface area (Å²) in [5.74, 6) is 0. The van der Waals surface area contributed by atoms with Crippen molar-refractivity contribution in [2.24, 2.45) is 0 Å². The predicted octanol–water partition coefficient (Wildman–Crippen LogP) is 4.88. The second-order valence-electron chi connectivity index (χ2n) is 5.02. The molecule has 0 saturated carbocycles. The molecule has 0 aliphatic heterocycles. The van der Waals surface area contributed by atoms with E-state index in [4.69, 9.17) is 11.6 Å². The number of rotatable bonds is 6. The van der Waals surface area contributed by atoms with Gasteiger partial charge in [-0.25, -0.2) is 0 Å². The molecule has 0 radical (unpaired) electrons. The second-order valence-corrected chi connectivity index (χ2v) is 5.43. The van der Waals surface area contributed by atoms with Crippen LogP contribution in [0.4, 0.5) is 0 Å². The molecule has 0 saturated heterocycles. The molecular weight excluding hydrogens is 230 g/mol. The fraction of sp³-hybridized carbons (Fsp3) is 0.600. The van der Waals surface area contributed by atoms with Crippen molar-refractivity contribution in [1.29, 1.82) is 0 Å². The number of hydrogen-bond acceptors (Lipinski definition) is 1. The van der Waals surface area contributed by atoms with Crippen LogP contribution in [0, 0.1) is 6.92 Å². The molecule has 1 aromatic rings. The molecule has 1 aromatic carbocycles. The number of nitrogens with one attached hydrogen (secondary N) is 1. The lowest BCUT2D eigenvalue weighted by atomic mass is 9.99. The van der Waals surface area contributed by atoms with Gasteiger partial charge in [0.15, 0.2) is 0 Å². The maximum Gasteiger partial charge on any atom is 0.0438 e. The van der Waals surface area contributed by atoms with Crippen LogP contribution in [0.3, 0.4) is 0 Å². The monoisotopic (exact) mass is 253 g/mol. The topological polar surface area (TPSA) is 12.0 Å². The molecule has 96 valence electrons. The minimum absolute atomic E-state index is 0.424. The molecule has 1 rings (SSSR count). The molecule has 2 heteroatoms. The number of unbranched alkanes of at least 4 members (excludes halogenated alkanes) is 1. The second kappa shape index (κ2) is 7.03. The number of benzene rings is 1. The molecule has 0 aromatic heterocycles. The highest BCUT2D eigenvalue weighted by molar-refractivity contribution is 6.31. The Labute approximate surface area is 111 Å². The first-order valence-corrected chi connectivity index (χ1v) is 6.94. The van der Waals surface area contributed by atoms with Gasteiger partial charge in [0.1, 0.15) is 0 Å². The van der Waals surface area contributed by atoms with Gasteiger partial charge >= 0.3 is 0 Å². The summed E-state index contributed by atoms with van der Waals surface area (Å²) in [7, 11) is 0. The highest BCUT2D eigenvalue weighted by Gasteiger charge is 2.12. The predicted molar refractivity (Wildman–Crippen MR) is 76.7 cm³/mol. The average Bonchev–Trinajstić information content (AvgIpc) is 2.27. The van der Waals surface area contributed by atoms with E-state index in [1.807, 2.05) is 6.92 Å². The van der Waals surface area contributed by atoms with Gasteiger partial charge in [-0.05, 0) is 30.5 Å². The molecule has 1 nitrogen and oxygen atoms in total. The minimum Gasteiger partial charge on any atom is -0.308 e. The molecule has 0 spiro atoms. The third kappa shape index (κ3) is 4.69. The van der Waals surface area contributed by atoms with Gasteiger partial charge in [-0.3, -0.25) is 0 Å². The van der Waals surface area contributed by atoms with Crippen molar-refractivity contribution in [1.82, 2.24) is 5.32 Å². The summed E-state index contributed by atoms with van der Waals surface area (Å²) in [6, 6.07) is 7.33. The summed E-state index contributed by atoms with van der Waals surface area (Å²) in [6.07, 6.45) is 3.65. The van der Waals surface area contributed by atoms with Crippen molar-refractivity contribution >= 4 is 11.6 Å². The van der Waals surface area contributed by atoms with E-state index in [1.165, 1.54) is 24.8 Å². The van der Waals surface area contributed by atoms with E-state index in [-0.39, 0.29) is 0 Å². The highest BCUT2D eigenvalue weighted by atomic mass is 35.5. The van der Waals surface area contributed by atoms with Crippen molar-refractivity contribution < 1.29 is 0 Å². The van der Waals surface area contributed by atoms with Crippen LogP contribution in [-0.4, -0.2) is 6.04 Å². The summed E-state index contributed by atoms with van der Waals surface area (Å²) < 4.78 is 0. The van der Waals surface area contributed by atoms with Crippen LogP contribution >= 0.6 is 11.6 Å². The van der Waals surface area contributed by atoms with Crippen LogP contribution in [0.25, 0.3) is 0 Å². The van der Waals surface area contributed by atoms with E-state index < -0.39 is 0 Å². The van der Waals surface area contributed by atoms with Crippen LogP contribution in [0.5, 0.6) is 0 Å². The number of hydrogen-bond donors (Lipinski definition) is 1. The Morgan fingerprint density at radius 2 is 2.00 bits per heavy atom. The van der Waals surface area contributed by atoms with Crippen LogP contribution in [0.1, 0.15) is 57.2 Å². The van der Waals surface area contributed by atoms with Gasteiger partial charge in [-0.2, -0.15) is 0 Å². The first kappa shape index (κ1) is 14.5. The normalized spacial score (nSPS) is 13.1. The average molecular weight is 254 g/mol. The summed E-state index contributed by atoms with van der Waals surface area (Å²) in [4.78, 5) is 0. The number of aryl methyl sites for hydroxylation is 1. The van der Waals surface area contributed by atoms with Gasteiger partial charge < -0.3 is 5.32 Å². The molecule has 17 heavy (non-hydrogen) atoms. The molecule has 0 bridgehead atoms.